The van der Waals surface area contributed by atoms with Gasteiger partial charge < -0.3 is 20.7 Å². The maximum absolute atomic E-state index is 13.4. The van der Waals surface area contributed by atoms with Gasteiger partial charge >= 0.3 is 6.03 Å². The number of nitrogens with zero attached hydrogens (tertiary/aromatic N) is 5. The summed E-state index contributed by atoms with van der Waals surface area (Å²) in [7, 11) is 0. The monoisotopic (exact) mass is 547 g/mol. The Morgan fingerprint density at radius 3 is 2.59 bits per heavy atom. The van der Waals surface area contributed by atoms with Gasteiger partial charge in [-0.15, -0.1) is 0 Å². The minimum Gasteiger partial charge on any atom is -0.379 e. The quantitative estimate of drug-likeness (QED) is 0.484. The van der Waals surface area contributed by atoms with Crippen molar-refractivity contribution in [2.45, 2.75) is 25.9 Å². The van der Waals surface area contributed by atoms with Gasteiger partial charge in [0.25, 0.3) is 5.91 Å². The zero-order valence-corrected chi connectivity index (χ0v) is 22.4. The second-order valence-electron chi connectivity index (χ2n) is 9.71. The van der Waals surface area contributed by atoms with Crippen LogP contribution in [-0.4, -0.2) is 70.9 Å². The van der Waals surface area contributed by atoms with Crippen LogP contribution >= 0.6 is 11.6 Å². The van der Waals surface area contributed by atoms with Gasteiger partial charge in [0.2, 0.25) is 0 Å². The molecule has 0 bridgehead atoms. The van der Waals surface area contributed by atoms with Crippen LogP contribution in [0.5, 0.6) is 0 Å². The molecule has 5 rings (SSSR count). The highest BCUT2D eigenvalue weighted by Crippen LogP contribution is 2.34. The Labute approximate surface area is 231 Å². The number of hydrogen-bond acceptors (Lipinski definition) is 6. The van der Waals surface area contributed by atoms with Crippen LogP contribution in [0.25, 0.3) is 11.3 Å². The molecule has 0 aliphatic carbocycles. The van der Waals surface area contributed by atoms with E-state index in [0.29, 0.717) is 59.5 Å². The molecular formula is C28H30ClN7O3. The molecule has 11 heteroatoms. The number of halogens is 1. The molecule has 0 radical (unpaired) electrons. The number of ether oxygens (including phenoxy) is 1. The van der Waals surface area contributed by atoms with Gasteiger partial charge in [-0.05, 0) is 42.3 Å². The van der Waals surface area contributed by atoms with Crippen LogP contribution in [0.2, 0.25) is 5.02 Å². The first-order valence-electron chi connectivity index (χ1n) is 12.9. The fourth-order valence-corrected chi connectivity index (χ4v) is 5.46. The van der Waals surface area contributed by atoms with E-state index >= 15 is 0 Å². The van der Waals surface area contributed by atoms with E-state index in [1.54, 1.807) is 29.2 Å². The summed E-state index contributed by atoms with van der Waals surface area (Å²) in [5.41, 5.74) is 10.0. The van der Waals surface area contributed by atoms with Crippen molar-refractivity contribution in [1.29, 1.82) is 5.26 Å². The number of fused-ring (bicyclic) bond motifs is 1. The number of nitriles is 1. The molecule has 2 aliphatic rings. The normalized spacial score (nSPS) is 17.4. The number of nitrogens with one attached hydrogen (secondary N) is 1. The van der Waals surface area contributed by atoms with Crippen molar-refractivity contribution in [2.75, 3.05) is 44.7 Å². The van der Waals surface area contributed by atoms with Crippen molar-refractivity contribution >= 4 is 29.2 Å². The predicted molar refractivity (Wildman–Crippen MR) is 147 cm³/mol. The molecule has 2 aliphatic heterocycles. The fourth-order valence-electron chi connectivity index (χ4n) is 5.14. The van der Waals surface area contributed by atoms with Gasteiger partial charge in [-0.25, -0.2) is 4.79 Å². The Morgan fingerprint density at radius 1 is 1.21 bits per heavy atom. The predicted octanol–water partition coefficient (Wildman–Crippen LogP) is 3.66. The smallest absolute Gasteiger partial charge is 0.322 e. The van der Waals surface area contributed by atoms with Gasteiger partial charge in [0, 0.05) is 42.5 Å². The van der Waals surface area contributed by atoms with Crippen LogP contribution in [0.15, 0.2) is 42.5 Å². The number of primary amides is 1. The summed E-state index contributed by atoms with van der Waals surface area (Å²) in [6, 6.07) is 13.9. The Balaban J connectivity index is 1.51. The van der Waals surface area contributed by atoms with Gasteiger partial charge in [-0.3, -0.25) is 14.4 Å². The summed E-state index contributed by atoms with van der Waals surface area (Å²) in [6.45, 7) is 6.03. The van der Waals surface area contributed by atoms with Crippen molar-refractivity contribution in [3.8, 4) is 17.3 Å². The van der Waals surface area contributed by atoms with Crippen LogP contribution in [0, 0.1) is 11.3 Å². The zero-order valence-electron chi connectivity index (χ0n) is 21.7. The number of benzene rings is 2. The molecule has 0 spiro atoms. The highest BCUT2D eigenvalue weighted by molar-refractivity contribution is 6.31. The lowest BCUT2D eigenvalue weighted by molar-refractivity contribution is 0.0263. The number of urea groups is 1. The Morgan fingerprint density at radius 2 is 1.95 bits per heavy atom. The lowest BCUT2D eigenvalue weighted by Gasteiger charge is -2.37. The lowest BCUT2D eigenvalue weighted by Crippen LogP contribution is -2.48. The van der Waals surface area contributed by atoms with Gasteiger partial charge in [0.05, 0.1) is 48.7 Å². The summed E-state index contributed by atoms with van der Waals surface area (Å²) in [5, 5.41) is 17.5. The van der Waals surface area contributed by atoms with Crippen LogP contribution in [0.3, 0.4) is 0 Å². The standard InChI is InChI=1S/C28H30ClN7O3/c1-2-19-5-6-20(13-23(19)29)26-25(27(31)37)24-17-35(28(38)32-21-7-3-18(14-30)4-8-21)16-22(36(24)33-26)15-34-9-11-39-12-10-34/h3-8,13,22H,2,9-12,15-17H2,1H3,(H2,31,37)(H,32,38). The summed E-state index contributed by atoms with van der Waals surface area (Å²) >= 11 is 6.51. The molecule has 1 atom stereocenters. The maximum Gasteiger partial charge on any atom is 0.322 e. The van der Waals surface area contributed by atoms with E-state index in [1.165, 1.54) is 0 Å². The molecule has 10 nitrogen and oxygen atoms in total. The molecule has 3 N–H and O–H groups in total. The molecule has 3 heterocycles. The molecule has 202 valence electrons. The van der Waals surface area contributed by atoms with Crippen molar-refractivity contribution in [3.05, 3.63) is 69.9 Å². The molecule has 1 unspecified atom stereocenters. The number of hydrogen-bond donors (Lipinski definition) is 2. The largest absolute Gasteiger partial charge is 0.379 e. The van der Waals surface area contributed by atoms with Crippen LogP contribution in [0.4, 0.5) is 10.5 Å². The SMILES string of the molecule is CCc1ccc(-c2nn3c(c2C(N)=O)CN(C(=O)Nc2ccc(C#N)cc2)CC3CN2CCOCC2)cc1Cl. The number of aryl methyl sites for hydroxylation is 1. The third-order valence-corrected chi connectivity index (χ3v) is 7.56. The molecule has 1 saturated heterocycles. The van der Waals surface area contributed by atoms with Crippen LogP contribution in [-0.2, 0) is 17.7 Å². The van der Waals surface area contributed by atoms with Crippen molar-refractivity contribution < 1.29 is 14.3 Å². The molecule has 0 saturated carbocycles. The lowest BCUT2D eigenvalue weighted by atomic mass is 10.0. The van der Waals surface area contributed by atoms with E-state index in [9.17, 15) is 9.59 Å². The average Bonchev–Trinajstić information content (AvgIpc) is 3.34. The highest BCUT2D eigenvalue weighted by Gasteiger charge is 2.35. The van der Waals surface area contributed by atoms with E-state index in [1.807, 2.05) is 29.8 Å². The number of carbonyl (C=O) groups is 2. The van der Waals surface area contributed by atoms with Crippen molar-refractivity contribution in [3.63, 3.8) is 0 Å². The number of aromatic nitrogens is 2. The molecular weight excluding hydrogens is 518 g/mol. The maximum atomic E-state index is 13.4. The molecule has 3 amide bonds. The summed E-state index contributed by atoms with van der Waals surface area (Å²) in [5.74, 6) is -0.610. The number of rotatable bonds is 6. The van der Waals surface area contributed by atoms with Crippen molar-refractivity contribution in [1.82, 2.24) is 19.6 Å². The van der Waals surface area contributed by atoms with E-state index in [0.717, 1.165) is 25.1 Å². The summed E-state index contributed by atoms with van der Waals surface area (Å²) in [4.78, 5) is 30.2. The van der Waals surface area contributed by atoms with Gasteiger partial charge in [-0.1, -0.05) is 30.7 Å². The molecule has 1 aromatic heterocycles. The average molecular weight is 548 g/mol. The first-order chi connectivity index (χ1) is 18.9. The first-order valence-corrected chi connectivity index (χ1v) is 13.3. The van der Waals surface area contributed by atoms with E-state index in [2.05, 4.69) is 16.3 Å². The summed E-state index contributed by atoms with van der Waals surface area (Å²) < 4.78 is 7.37. The Hall–Kier alpha value is -3.91. The molecule has 2 aromatic carbocycles. The molecule has 39 heavy (non-hydrogen) atoms. The Bertz CT molecular complexity index is 1420. The molecule has 1 fully saturated rings. The van der Waals surface area contributed by atoms with Crippen molar-refractivity contribution in [2.24, 2.45) is 5.73 Å². The second kappa shape index (κ2) is 11.5. The van der Waals surface area contributed by atoms with Crippen LogP contribution in [0.1, 0.15) is 40.1 Å². The minimum atomic E-state index is -0.610. The van der Waals surface area contributed by atoms with Gasteiger partial charge in [0.15, 0.2) is 0 Å². The van der Waals surface area contributed by atoms with Crippen LogP contribution < -0.4 is 11.1 Å². The summed E-state index contributed by atoms with van der Waals surface area (Å²) in [6.07, 6.45) is 0.784. The number of morpholine rings is 1. The number of carbonyl (C=O) groups excluding carboxylic acids is 2. The zero-order chi connectivity index (χ0) is 27.5. The van der Waals surface area contributed by atoms with E-state index in [-0.39, 0.29) is 24.2 Å². The number of anilines is 1. The number of amides is 3. The topological polar surface area (TPSA) is 130 Å². The fraction of sp³-hybridized carbons (Fsp3) is 0.357. The number of nitrogens with two attached hydrogens (primary N) is 1. The van der Waals surface area contributed by atoms with Gasteiger partial charge in [-0.2, -0.15) is 10.4 Å². The van der Waals surface area contributed by atoms with E-state index < -0.39 is 5.91 Å². The molecule has 3 aromatic rings. The van der Waals surface area contributed by atoms with E-state index in [4.69, 9.17) is 32.4 Å². The third kappa shape index (κ3) is 5.61. The van der Waals surface area contributed by atoms with Gasteiger partial charge in [0.1, 0.15) is 5.69 Å². The minimum absolute atomic E-state index is 0.160. The highest BCUT2D eigenvalue weighted by atomic mass is 35.5. The second-order valence-corrected chi connectivity index (χ2v) is 10.1. The Kier molecular flexibility index (Phi) is 7.84. The third-order valence-electron chi connectivity index (χ3n) is 7.21. The first kappa shape index (κ1) is 26.7.